The number of carbonyl (C=O) groups excluding carboxylic acids is 1. The molecule has 0 fully saturated rings. The second kappa shape index (κ2) is 6.33. The van der Waals surface area contributed by atoms with Gasteiger partial charge in [0, 0.05) is 0 Å². The van der Waals surface area contributed by atoms with Gasteiger partial charge in [0.25, 0.3) is 0 Å². The smallest absolute Gasteiger partial charge is 1.00 e. The molecule has 0 aromatic heterocycles. The van der Waals surface area contributed by atoms with Gasteiger partial charge in [-0.05, 0) is 0 Å². The zero-order chi connectivity index (χ0) is 8.15. The van der Waals surface area contributed by atoms with E-state index in [0.29, 0.717) is 0 Å². The molecule has 0 aliphatic rings. The molecule has 0 spiro atoms. The molecule has 0 aromatic rings. The third kappa shape index (κ3) is 9.61. The van der Waals surface area contributed by atoms with Gasteiger partial charge in [0.1, 0.15) is 12.8 Å². The minimum absolute atomic E-state index is 0. The number of ketones is 1. The number of carbonyl (C=O) groups is 3. The Morgan fingerprint density at radius 2 is 1.27 bits per heavy atom. The zero-order valence-corrected chi connectivity index (χ0v) is 8.03. The van der Waals surface area contributed by atoms with E-state index in [0.717, 1.165) is 0 Å². The fourth-order valence-electron chi connectivity index (χ4n) is 0.400. The van der Waals surface area contributed by atoms with Crippen molar-refractivity contribution < 1.29 is 55.6 Å². The van der Waals surface area contributed by atoms with Crippen molar-refractivity contribution in [2.75, 3.05) is 0 Å². The van der Waals surface area contributed by atoms with E-state index >= 15 is 0 Å². The predicted octanol–water partition coefficient (Wildman–Crippen LogP) is -3.38. The topological polar surface area (TPSA) is 91.7 Å². The van der Waals surface area contributed by atoms with Crippen LogP contribution in [0.25, 0.3) is 0 Å². The fourth-order valence-corrected chi connectivity index (χ4v) is 0.400. The second-order valence-corrected chi connectivity index (χ2v) is 1.68. The molecule has 0 atom stereocenters. The van der Waals surface area contributed by atoms with Crippen LogP contribution in [0.4, 0.5) is 0 Å². The number of Topliss-reactive ketones (excluding diaryl/α,β-unsaturated/α-hetero) is 1. The van der Waals surface area contributed by atoms with Gasteiger partial charge < -0.3 is 11.6 Å². The number of carboxylic acids is 2. The monoisotopic (exact) mass is 170 g/mol. The first kappa shape index (κ1) is 13.2. The Balaban J connectivity index is -0.000000405. The molecule has 0 aromatic carbocycles. The standard InChI is InChI=1S/C5H6O5.Na.H/c6-3(1-4(7)8)2-5(9)10;;/h1-2H2,(H,7,8)(H,9,10);;/q;+1;-1. The molecular weight excluding hydrogens is 163 g/mol. The first-order valence-corrected chi connectivity index (χ1v) is 2.47. The maximum atomic E-state index is 10.3. The van der Waals surface area contributed by atoms with Gasteiger partial charge >= 0.3 is 41.5 Å². The molecule has 11 heavy (non-hydrogen) atoms. The summed E-state index contributed by atoms with van der Waals surface area (Å²) in [5.74, 6) is -3.39. The van der Waals surface area contributed by atoms with Crippen molar-refractivity contribution in [3.8, 4) is 0 Å². The summed E-state index contributed by atoms with van der Waals surface area (Å²) in [5, 5.41) is 16.0. The molecule has 0 heterocycles. The van der Waals surface area contributed by atoms with E-state index in [4.69, 9.17) is 10.2 Å². The molecule has 0 amide bonds. The summed E-state index contributed by atoms with van der Waals surface area (Å²) in [7, 11) is 0. The summed E-state index contributed by atoms with van der Waals surface area (Å²) in [6.45, 7) is 0. The first-order valence-electron chi connectivity index (χ1n) is 2.47. The normalized spacial score (nSPS) is 8.00. The molecule has 0 aliphatic heterocycles. The van der Waals surface area contributed by atoms with Gasteiger partial charge in [-0.2, -0.15) is 0 Å². The van der Waals surface area contributed by atoms with Crippen LogP contribution in [0.15, 0.2) is 0 Å². The van der Waals surface area contributed by atoms with Crippen LogP contribution in [0.3, 0.4) is 0 Å². The summed E-state index contributed by atoms with van der Waals surface area (Å²) < 4.78 is 0. The van der Waals surface area contributed by atoms with Crippen LogP contribution in [-0.4, -0.2) is 27.9 Å². The molecule has 0 bridgehead atoms. The number of rotatable bonds is 4. The van der Waals surface area contributed by atoms with Gasteiger partial charge in [-0.3, -0.25) is 14.4 Å². The van der Waals surface area contributed by atoms with E-state index in [-0.39, 0.29) is 31.0 Å². The molecule has 58 valence electrons. The summed E-state index contributed by atoms with van der Waals surface area (Å²) in [6.07, 6.45) is -1.43. The maximum Gasteiger partial charge on any atom is 1.00 e. The second-order valence-electron chi connectivity index (χ2n) is 1.68. The van der Waals surface area contributed by atoms with Crippen molar-refractivity contribution in [1.29, 1.82) is 0 Å². The van der Waals surface area contributed by atoms with Crippen LogP contribution in [0.1, 0.15) is 14.3 Å². The average molecular weight is 170 g/mol. The molecule has 0 rings (SSSR count). The third-order valence-corrected chi connectivity index (χ3v) is 0.697. The van der Waals surface area contributed by atoms with Crippen LogP contribution in [-0.2, 0) is 14.4 Å². The quantitative estimate of drug-likeness (QED) is 0.339. The largest absolute Gasteiger partial charge is 1.00 e. The molecule has 0 unspecified atom stereocenters. The molecular formula is C5H7NaO5. The number of carboxylic acid groups (broad SMARTS) is 2. The van der Waals surface area contributed by atoms with Crippen molar-refractivity contribution in [3.05, 3.63) is 0 Å². The first-order chi connectivity index (χ1) is 4.52. The third-order valence-electron chi connectivity index (χ3n) is 0.697. The van der Waals surface area contributed by atoms with E-state index in [1.54, 1.807) is 0 Å². The predicted molar refractivity (Wildman–Crippen MR) is 30.6 cm³/mol. The number of aliphatic carboxylic acids is 2. The SMILES string of the molecule is O=C(O)CC(=O)CC(=O)O.[H-].[Na+]. The number of hydrogen-bond acceptors (Lipinski definition) is 3. The van der Waals surface area contributed by atoms with Crippen molar-refractivity contribution in [2.24, 2.45) is 0 Å². The Morgan fingerprint density at radius 1 is 1.00 bits per heavy atom. The van der Waals surface area contributed by atoms with Gasteiger partial charge in [-0.25, -0.2) is 0 Å². The van der Waals surface area contributed by atoms with Crippen LogP contribution in [0.5, 0.6) is 0 Å². The van der Waals surface area contributed by atoms with Gasteiger partial charge in [0.15, 0.2) is 5.78 Å². The van der Waals surface area contributed by atoms with Crippen LogP contribution >= 0.6 is 0 Å². The molecule has 6 heteroatoms. The average Bonchev–Trinajstić information content (AvgIpc) is 1.58. The van der Waals surface area contributed by atoms with Crippen LogP contribution in [0.2, 0.25) is 0 Å². The fraction of sp³-hybridized carbons (Fsp3) is 0.400. The Bertz CT molecular complexity index is 163. The maximum absolute atomic E-state index is 10.3. The van der Waals surface area contributed by atoms with Crippen molar-refractivity contribution in [2.45, 2.75) is 12.8 Å². The summed E-state index contributed by atoms with van der Waals surface area (Å²) >= 11 is 0. The van der Waals surface area contributed by atoms with E-state index in [1.165, 1.54) is 0 Å². The van der Waals surface area contributed by atoms with Crippen molar-refractivity contribution >= 4 is 17.7 Å². The Hall–Kier alpha value is -0.390. The van der Waals surface area contributed by atoms with E-state index in [2.05, 4.69) is 0 Å². The molecule has 0 saturated carbocycles. The minimum Gasteiger partial charge on any atom is -1.00 e. The molecule has 0 radical (unpaired) electrons. The summed E-state index contributed by atoms with van der Waals surface area (Å²) in [5.41, 5.74) is 0. The van der Waals surface area contributed by atoms with E-state index in [1.807, 2.05) is 0 Å². The van der Waals surface area contributed by atoms with Crippen LogP contribution < -0.4 is 29.6 Å². The van der Waals surface area contributed by atoms with E-state index < -0.39 is 30.6 Å². The van der Waals surface area contributed by atoms with Crippen molar-refractivity contribution in [1.82, 2.24) is 0 Å². The molecule has 2 N–H and O–H groups in total. The molecule has 0 saturated heterocycles. The molecule has 0 aliphatic carbocycles. The minimum atomic E-state index is -1.30. The van der Waals surface area contributed by atoms with Gasteiger partial charge in [0.05, 0.1) is 0 Å². The van der Waals surface area contributed by atoms with Gasteiger partial charge in [-0.15, -0.1) is 0 Å². The van der Waals surface area contributed by atoms with Crippen molar-refractivity contribution in [3.63, 3.8) is 0 Å². The Morgan fingerprint density at radius 3 is 1.45 bits per heavy atom. The number of hydrogen-bond donors (Lipinski definition) is 2. The zero-order valence-electron chi connectivity index (χ0n) is 7.03. The van der Waals surface area contributed by atoms with E-state index in [9.17, 15) is 14.4 Å². The summed E-state index contributed by atoms with van der Waals surface area (Å²) in [4.78, 5) is 29.9. The van der Waals surface area contributed by atoms with Crippen LogP contribution in [0, 0.1) is 0 Å². The summed E-state index contributed by atoms with van der Waals surface area (Å²) in [6, 6.07) is 0. The van der Waals surface area contributed by atoms with Gasteiger partial charge in [-0.1, -0.05) is 0 Å². The van der Waals surface area contributed by atoms with Gasteiger partial charge in [0.2, 0.25) is 0 Å². The molecule has 5 nitrogen and oxygen atoms in total. The Labute approximate surface area is 86.2 Å². The Kier molecular flexibility index (Phi) is 7.60.